The first-order chi connectivity index (χ1) is 2.91. The first-order valence-electron chi connectivity index (χ1n) is 2.56. The first-order valence-corrected chi connectivity index (χ1v) is 5.39. The molecule has 0 nitrogen and oxygen atoms in total. The zero-order chi connectivity index (χ0) is 4.83. The Bertz CT molecular complexity index is 34.8. The van der Waals surface area contributed by atoms with Gasteiger partial charge in [0.05, 0.1) is 0 Å². The molecule has 0 spiro atoms. The highest BCUT2D eigenvalue weighted by atomic mass is 28.1. The van der Waals surface area contributed by atoms with E-state index in [1.165, 1.54) is 32.6 Å². The van der Waals surface area contributed by atoms with Crippen molar-refractivity contribution in [2.75, 3.05) is 0 Å². The Morgan fingerprint density at radius 1 is 1.00 bits per heavy atom. The Morgan fingerprint density at radius 2 is 1.33 bits per heavy atom. The predicted molar refractivity (Wildman–Crippen MR) is 38.6 cm³/mol. The summed E-state index contributed by atoms with van der Waals surface area (Å²) in [6.45, 7) is 0. The molecule has 0 saturated carbocycles. The molecule has 0 atom stereocenters. The van der Waals surface area contributed by atoms with Crippen LogP contribution < -0.4 is 0 Å². The maximum atomic E-state index is 2.28. The van der Waals surface area contributed by atoms with Crippen LogP contribution in [0, 0.1) is 0 Å². The number of rotatable bonds is 2. The Kier molecular flexibility index (Phi) is 5.32. The van der Waals surface area contributed by atoms with Crippen molar-refractivity contribution < 1.29 is 0 Å². The van der Waals surface area contributed by atoms with Crippen molar-refractivity contribution in [2.24, 2.45) is 0 Å². The van der Waals surface area contributed by atoms with Crippen molar-refractivity contribution in [3.8, 4) is 0 Å². The van der Waals surface area contributed by atoms with Crippen molar-refractivity contribution >= 4 is 20.5 Å². The molecule has 0 N–H and O–H groups in total. The molecule has 0 saturated heterocycles. The molecule has 0 aliphatic rings. The molecule has 0 aromatic heterocycles. The van der Waals surface area contributed by atoms with E-state index >= 15 is 0 Å². The van der Waals surface area contributed by atoms with Gasteiger partial charge in [0, 0.05) is 20.5 Å². The van der Waals surface area contributed by atoms with Crippen LogP contribution in [0.25, 0.3) is 0 Å². The maximum absolute atomic E-state index is 2.28. The molecule has 2 heteroatoms. The van der Waals surface area contributed by atoms with Crippen molar-refractivity contribution in [3.63, 3.8) is 0 Å². The van der Waals surface area contributed by atoms with E-state index in [2.05, 4.69) is 12.2 Å². The van der Waals surface area contributed by atoms with Gasteiger partial charge < -0.3 is 0 Å². The molecule has 0 aromatic carbocycles. The van der Waals surface area contributed by atoms with Gasteiger partial charge in [0.15, 0.2) is 0 Å². The quantitative estimate of drug-likeness (QED) is 0.324. The summed E-state index contributed by atoms with van der Waals surface area (Å²) in [5.41, 5.74) is 0. The summed E-state index contributed by atoms with van der Waals surface area (Å²) in [5.74, 6) is 0. The summed E-state index contributed by atoms with van der Waals surface area (Å²) in [5, 5.41) is 0. The Labute approximate surface area is 45.5 Å². The smallest absolute Gasteiger partial charge is 0.00754 e. The molecule has 0 unspecified atom stereocenters. The fraction of sp³-hybridized carbons (Fsp3) is 0.500. The third-order valence-corrected chi connectivity index (χ3v) is 1.58. The van der Waals surface area contributed by atoms with Crippen molar-refractivity contribution in [2.45, 2.75) is 12.1 Å². The second kappa shape index (κ2) is 5.17. The topological polar surface area (TPSA) is 0 Å². The molecule has 0 bridgehead atoms. The van der Waals surface area contributed by atoms with Gasteiger partial charge in [0.25, 0.3) is 0 Å². The number of hydrogen-bond donors (Lipinski definition) is 0. The van der Waals surface area contributed by atoms with Crippen LogP contribution >= 0.6 is 0 Å². The van der Waals surface area contributed by atoms with Gasteiger partial charge in [-0.25, -0.2) is 0 Å². The molecule has 0 rings (SSSR count). The van der Waals surface area contributed by atoms with Crippen LogP contribution in [0.5, 0.6) is 0 Å². The van der Waals surface area contributed by atoms with E-state index in [1.807, 2.05) is 0 Å². The minimum atomic E-state index is 1.33. The van der Waals surface area contributed by atoms with Gasteiger partial charge in [-0.05, 0) is 12.1 Å². The normalized spacial score (nSPS) is 11.3. The zero-order valence-corrected chi connectivity index (χ0v) is 8.57. The summed E-state index contributed by atoms with van der Waals surface area (Å²) in [6, 6.07) is 2.67. The van der Waals surface area contributed by atoms with Crippen LogP contribution in [0.1, 0.15) is 0 Å². The second-order valence-electron chi connectivity index (χ2n) is 1.29. The predicted octanol–water partition coefficient (Wildman–Crippen LogP) is -0.890. The van der Waals surface area contributed by atoms with E-state index in [1.54, 1.807) is 0 Å². The average molecular weight is 116 g/mol. The summed E-state index contributed by atoms with van der Waals surface area (Å²) < 4.78 is 0. The highest BCUT2D eigenvalue weighted by Crippen LogP contribution is 1.78. The van der Waals surface area contributed by atoms with Gasteiger partial charge in [-0.3, -0.25) is 0 Å². The Morgan fingerprint density at radius 3 is 1.50 bits per heavy atom. The maximum Gasteiger partial charge on any atom is 0.00754 e. The van der Waals surface area contributed by atoms with Crippen LogP contribution in [0.4, 0.5) is 0 Å². The lowest BCUT2D eigenvalue weighted by Crippen LogP contribution is -1.58. The number of allylic oxidation sites excluding steroid dienone is 2. The fourth-order valence-corrected chi connectivity index (χ4v) is 1.00. The molecule has 0 aromatic rings. The monoisotopic (exact) mass is 116 g/mol. The molecule has 0 radical (unpaired) electrons. The molecule has 0 heterocycles. The largest absolute Gasteiger partial charge is 0.0924 e. The lowest BCUT2D eigenvalue weighted by Gasteiger charge is -1.72. The van der Waals surface area contributed by atoms with Gasteiger partial charge in [-0.2, -0.15) is 0 Å². The van der Waals surface area contributed by atoms with Crippen LogP contribution in [-0.2, 0) is 0 Å². The van der Waals surface area contributed by atoms with Crippen molar-refractivity contribution in [3.05, 3.63) is 12.2 Å². The SMILES string of the molecule is [SiH3]CC=CC[SiH3]. The lowest BCUT2D eigenvalue weighted by molar-refractivity contribution is 1.61. The Hall–Kier alpha value is 0.174. The van der Waals surface area contributed by atoms with Crippen LogP contribution in [0.15, 0.2) is 12.2 Å². The second-order valence-corrected chi connectivity index (χ2v) is 2.92. The van der Waals surface area contributed by atoms with Gasteiger partial charge in [-0.1, -0.05) is 12.2 Å². The van der Waals surface area contributed by atoms with Crippen molar-refractivity contribution in [1.29, 1.82) is 0 Å². The zero-order valence-electron chi connectivity index (χ0n) is 4.57. The van der Waals surface area contributed by atoms with Crippen LogP contribution in [-0.4, -0.2) is 20.5 Å². The van der Waals surface area contributed by atoms with Crippen LogP contribution in [0.2, 0.25) is 12.1 Å². The molecule has 0 aliphatic carbocycles. The van der Waals surface area contributed by atoms with E-state index in [9.17, 15) is 0 Å². The first kappa shape index (κ1) is 6.17. The standard InChI is InChI=1S/C4H12Si2/c5-3-1-2-4-6/h1-2H,3-4H2,5-6H3. The average Bonchev–Trinajstić information content (AvgIpc) is 1.61. The fourth-order valence-electron chi connectivity index (χ4n) is 0.333. The lowest BCUT2D eigenvalue weighted by atomic mass is 10.6. The van der Waals surface area contributed by atoms with E-state index in [4.69, 9.17) is 0 Å². The molecule has 36 valence electrons. The van der Waals surface area contributed by atoms with Gasteiger partial charge in [-0.15, -0.1) is 0 Å². The van der Waals surface area contributed by atoms with E-state index in [-0.39, 0.29) is 0 Å². The van der Waals surface area contributed by atoms with Crippen LogP contribution in [0.3, 0.4) is 0 Å². The van der Waals surface area contributed by atoms with E-state index in [0.717, 1.165) is 0 Å². The summed E-state index contributed by atoms with van der Waals surface area (Å²) in [7, 11) is 2.66. The van der Waals surface area contributed by atoms with Gasteiger partial charge >= 0.3 is 0 Å². The third-order valence-electron chi connectivity index (χ3n) is 0.638. The summed E-state index contributed by atoms with van der Waals surface area (Å²) in [4.78, 5) is 0. The summed E-state index contributed by atoms with van der Waals surface area (Å²) >= 11 is 0. The minimum Gasteiger partial charge on any atom is -0.0924 e. The minimum absolute atomic E-state index is 1.33. The van der Waals surface area contributed by atoms with E-state index in [0.29, 0.717) is 0 Å². The molecule has 0 fully saturated rings. The van der Waals surface area contributed by atoms with Gasteiger partial charge in [0.2, 0.25) is 0 Å². The summed E-state index contributed by atoms with van der Waals surface area (Å²) in [6.07, 6.45) is 4.55. The third kappa shape index (κ3) is 4.17. The van der Waals surface area contributed by atoms with E-state index < -0.39 is 0 Å². The molecule has 0 aliphatic heterocycles. The molecular weight excluding hydrogens is 104 g/mol. The highest BCUT2D eigenvalue weighted by molar-refractivity contribution is 6.10. The number of hydrogen-bond acceptors (Lipinski definition) is 0. The van der Waals surface area contributed by atoms with Gasteiger partial charge in [0.1, 0.15) is 0 Å². The molecule has 6 heavy (non-hydrogen) atoms. The van der Waals surface area contributed by atoms with Crippen molar-refractivity contribution in [1.82, 2.24) is 0 Å². The molecular formula is C4H12Si2. The molecule has 0 amide bonds. The Balaban J connectivity index is 2.73. The highest BCUT2D eigenvalue weighted by Gasteiger charge is 1.60.